The molecule has 0 saturated heterocycles. The number of rotatable bonds is 6. The van der Waals surface area contributed by atoms with Crippen LogP contribution >= 0.6 is 27.3 Å². The number of thiophene rings is 1. The van der Waals surface area contributed by atoms with Gasteiger partial charge in [0, 0.05) is 12.5 Å². The van der Waals surface area contributed by atoms with Crippen molar-refractivity contribution in [3.05, 3.63) is 50.6 Å². The Labute approximate surface area is 127 Å². The van der Waals surface area contributed by atoms with Gasteiger partial charge in [-0.2, -0.15) is 0 Å². The van der Waals surface area contributed by atoms with Crippen LogP contribution in [0.25, 0.3) is 0 Å². The summed E-state index contributed by atoms with van der Waals surface area (Å²) in [6.07, 6.45) is 0.806. The minimum Gasteiger partial charge on any atom is -0.489 e. The second-order valence-corrected chi connectivity index (χ2v) is 5.85. The third-order valence-corrected chi connectivity index (χ3v) is 4.05. The minimum atomic E-state index is -0.763. The van der Waals surface area contributed by atoms with E-state index in [1.165, 1.54) is 11.3 Å². The van der Waals surface area contributed by atoms with Crippen LogP contribution in [0.4, 0.5) is 8.78 Å². The molecule has 1 aromatic carbocycles. The van der Waals surface area contributed by atoms with Gasteiger partial charge in [0.05, 0.1) is 16.0 Å². The Morgan fingerprint density at radius 2 is 2.15 bits per heavy atom. The fourth-order valence-corrected chi connectivity index (χ4v) is 2.85. The lowest BCUT2D eigenvalue weighted by molar-refractivity contribution is 0.0977. The lowest BCUT2D eigenvalue weighted by atomic mass is 10.2. The normalized spacial score (nSPS) is 10.6. The first-order valence-electron chi connectivity index (χ1n) is 5.92. The van der Waals surface area contributed by atoms with Crippen molar-refractivity contribution in [2.45, 2.75) is 12.8 Å². The highest BCUT2D eigenvalue weighted by molar-refractivity contribution is 9.10. The van der Waals surface area contributed by atoms with Gasteiger partial charge in [-0.25, -0.2) is 8.78 Å². The zero-order valence-corrected chi connectivity index (χ0v) is 12.8. The van der Waals surface area contributed by atoms with Crippen LogP contribution in [-0.4, -0.2) is 12.4 Å². The van der Waals surface area contributed by atoms with Crippen molar-refractivity contribution in [2.75, 3.05) is 6.61 Å². The molecule has 2 rings (SSSR count). The van der Waals surface area contributed by atoms with Crippen molar-refractivity contribution in [1.82, 2.24) is 0 Å². The summed E-state index contributed by atoms with van der Waals surface area (Å²) in [5.41, 5.74) is 0. The standard InChI is InChI=1S/C14H11BrF2O2S/c15-10-7-9(16)8-11(17)14(10)19-5-1-3-12(18)13-4-2-6-20-13/h2,4,6-8H,1,3,5H2. The maximum absolute atomic E-state index is 13.5. The zero-order chi connectivity index (χ0) is 14.5. The van der Waals surface area contributed by atoms with Gasteiger partial charge in [-0.15, -0.1) is 11.3 Å². The fraction of sp³-hybridized carbons (Fsp3) is 0.214. The maximum atomic E-state index is 13.5. The molecule has 6 heteroatoms. The van der Waals surface area contributed by atoms with E-state index in [0.29, 0.717) is 17.7 Å². The highest BCUT2D eigenvalue weighted by atomic mass is 79.9. The monoisotopic (exact) mass is 360 g/mol. The molecule has 0 fully saturated rings. The molecular weight excluding hydrogens is 350 g/mol. The van der Waals surface area contributed by atoms with E-state index in [-0.39, 0.29) is 22.6 Å². The molecule has 2 aromatic rings. The first-order valence-corrected chi connectivity index (χ1v) is 7.59. The van der Waals surface area contributed by atoms with Crippen LogP contribution < -0.4 is 4.74 Å². The lowest BCUT2D eigenvalue weighted by Crippen LogP contribution is -2.04. The second kappa shape index (κ2) is 6.95. The number of carbonyl (C=O) groups excluding carboxylic acids is 1. The molecule has 0 bridgehead atoms. The Morgan fingerprint density at radius 3 is 2.80 bits per heavy atom. The topological polar surface area (TPSA) is 26.3 Å². The molecule has 1 aromatic heterocycles. The van der Waals surface area contributed by atoms with Crippen molar-refractivity contribution in [3.63, 3.8) is 0 Å². The van der Waals surface area contributed by atoms with Gasteiger partial charge >= 0.3 is 0 Å². The highest BCUT2D eigenvalue weighted by Crippen LogP contribution is 2.29. The van der Waals surface area contributed by atoms with Gasteiger partial charge < -0.3 is 4.74 Å². The quantitative estimate of drug-likeness (QED) is 0.544. The number of hydrogen-bond acceptors (Lipinski definition) is 3. The summed E-state index contributed by atoms with van der Waals surface area (Å²) in [4.78, 5) is 12.4. The Morgan fingerprint density at radius 1 is 1.35 bits per heavy atom. The zero-order valence-electron chi connectivity index (χ0n) is 10.4. The molecule has 0 aliphatic heterocycles. The maximum Gasteiger partial charge on any atom is 0.172 e. The lowest BCUT2D eigenvalue weighted by Gasteiger charge is -2.09. The molecule has 20 heavy (non-hydrogen) atoms. The van der Waals surface area contributed by atoms with Crippen LogP contribution in [0.2, 0.25) is 0 Å². The predicted octanol–water partition coefficient (Wildman–Crippen LogP) is 4.83. The van der Waals surface area contributed by atoms with Crippen molar-refractivity contribution < 1.29 is 18.3 Å². The SMILES string of the molecule is O=C(CCCOc1c(F)cc(F)cc1Br)c1cccs1. The van der Waals surface area contributed by atoms with Crippen LogP contribution in [0.5, 0.6) is 5.75 Å². The van der Waals surface area contributed by atoms with Gasteiger partial charge in [0.2, 0.25) is 0 Å². The molecule has 0 N–H and O–H groups in total. The predicted molar refractivity (Wildman–Crippen MR) is 77.4 cm³/mol. The largest absolute Gasteiger partial charge is 0.489 e. The van der Waals surface area contributed by atoms with E-state index in [1.54, 1.807) is 6.07 Å². The molecule has 0 amide bonds. The summed E-state index contributed by atoms with van der Waals surface area (Å²) in [6, 6.07) is 5.48. The molecule has 0 aliphatic carbocycles. The summed E-state index contributed by atoms with van der Waals surface area (Å²) in [6.45, 7) is 0.193. The summed E-state index contributed by atoms with van der Waals surface area (Å²) in [5.74, 6) is -1.42. The van der Waals surface area contributed by atoms with Gasteiger partial charge in [-0.05, 0) is 39.9 Å². The number of halogens is 3. The van der Waals surface area contributed by atoms with Crippen LogP contribution in [0.3, 0.4) is 0 Å². The van der Waals surface area contributed by atoms with Gasteiger partial charge in [-0.1, -0.05) is 6.07 Å². The smallest absolute Gasteiger partial charge is 0.172 e. The minimum absolute atomic E-state index is 0.0324. The van der Waals surface area contributed by atoms with Gasteiger partial charge in [0.1, 0.15) is 5.82 Å². The fourth-order valence-electron chi connectivity index (χ4n) is 1.63. The van der Waals surface area contributed by atoms with Crippen molar-refractivity contribution in [1.29, 1.82) is 0 Å². The van der Waals surface area contributed by atoms with Crippen molar-refractivity contribution >= 4 is 33.0 Å². The molecule has 0 radical (unpaired) electrons. The van der Waals surface area contributed by atoms with E-state index >= 15 is 0 Å². The van der Waals surface area contributed by atoms with E-state index in [9.17, 15) is 13.6 Å². The van der Waals surface area contributed by atoms with Gasteiger partial charge in [-0.3, -0.25) is 4.79 Å². The van der Waals surface area contributed by atoms with E-state index in [2.05, 4.69) is 15.9 Å². The van der Waals surface area contributed by atoms with Crippen LogP contribution in [0.15, 0.2) is 34.1 Å². The summed E-state index contributed by atoms with van der Waals surface area (Å²) < 4.78 is 31.8. The molecule has 0 aliphatic rings. The van der Waals surface area contributed by atoms with Crippen LogP contribution in [0, 0.1) is 11.6 Å². The van der Waals surface area contributed by atoms with Gasteiger partial charge in [0.15, 0.2) is 17.3 Å². The first kappa shape index (κ1) is 15.1. The van der Waals surface area contributed by atoms with Crippen molar-refractivity contribution in [2.24, 2.45) is 0 Å². The Kier molecular flexibility index (Phi) is 5.25. The number of benzene rings is 1. The van der Waals surface area contributed by atoms with E-state index < -0.39 is 11.6 Å². The van der Waals surface area contributed by atoms with Crippen molar-refractivity contribution in [3.8, 4) is 5.75 Å². The molecule has 1 heterocycles. The molecule has 0 unspecified atom stereocenters. The number of hydrogen-bond donors (Lipinski definition) is 0. The molecule has 106 valence electrons. The Balaban J connectivity index is 1.83. The molecule has 0 spiro atoms. The summed E-state index contributed by atoms with van der Waals surface area (Å²) in [5, 5.41) is 1.84. The summed E-state index contributed by atoms with van der Waals surface area (Å²) >= 11 is 4.43. The Hall–Kier alpha value is -1.27. The third kappa shape index (κ3) is 3.86. The molecular formula is C14H11BrF2O2S. The number of carbonyl (C=O) groups is 1. The average molecular weight is 361 g/mol. The molecule has 0 atom stereocenters. The molecule has 0 saturated carbocycles. The number of ether oxygens (including phenoxy) is 1. The first-order chi connectivity index (χ1) is 9.58. The van der Waals surface area contributed by atoms with Gasteiger partial charge in [0.25, 0.3) is 0 Å². The number of ketones is 1. The third-order valence-electron chi connectivity index (χ3n) is 2.55. The van der Waals surface area contributed by atoms with Crippen LogP contribution in [-0.2, 0) is 0 Å². The Bertz CT molecular complexity index is 576. The second-order valence-electron chi connectivity index (χ2n) is 4.05. The van der Waals surface area contributed by atoms with E-state index in [1.807, 2.05) is 11.4 Å². The average Bonchev–Trinajstić information content (AvgIpc) is 2.90. The van der Waals surface area contributed by atoms with E-state index in [4.69, 9.17) is 4.74 Å². The number of Topliss-reactive ketones (excluding diaryl/α,β-unsaturated/α-hetero) is 1. The van der Waals surface area contributed by atoms with E-state index in [0.717, 1.165) is 12.1 Å². The molecule has 2 nitrogen and oxygen atoms in total. The van der Waals surface area contributed by atoms with Crippen LogP contribution in [0.1, 0.15) is 22.5 Å². The highest BCUT2D eigenvalue weighted by Gasteiger charge is 2.11. The summed E-state index contributed by atoms with van der Waals surface area (Å²) in [7, 11) is 0.